The molecule has 0 fully saturated rings. The van der Waals surface area contributed by atoms with Crippen molar-refractivity contribution in [3.8, 4) is 28.6 Å². The van der Waals surface area contributed by atoms with Crippen LogP contribution in [0.15, 0.2) is 56.6 Å². The molecule has 0 spiro atoms. The Morgan fingerprint density at radius 1 is 1.04 bits per heavy atom. The van der Waals surface area contributed by atoms with Crippen LogP contribution in [0.25, 0.3) is 22.8 Å². The minimum Gasteiger partial charge on any atom is -0.496 e. The lowest BCUT2D eigenvalue weighted by Gasteiger charge is -2.02. The summed E-state index contributed by atoms with van der Waals surface area (Å²) in [6.45, 7) is 4.12. The summed E-state index contributed by atoms with van der Waals surface area (Å²) in [4.78, 5) is 4.42. The van der Waals surface area contributed by atoms with Crippen molar-refractivity contribution in [3.05, 3.63) is 59.5 Å². The van der Waals surface area contributed by atoms with Crippen molar-refractivity contribution in [2.24, 2.45) is 0 Å². The SMILES string of the molecule is COc1ccccc1-c1noc(CSc2nnc(-c3ccc(C)c(C)c3)o2)n1. The zero-order valence-electron chi connectivity index (χ0n) is 15.7. The van der Waals surface area contributed by atoms with E-state index < -0.39 is 0 Å². The first-order chi connectivity index (χ1) is 13.6. The third kappa shape index (κ3) is 3.77. The number of ether oxygens (including phenoxy) is 1. The number of nitrogens with zero attached hydrogens (tertiary/aromatic N) is 4. The molecule has 8 heteroatoms. The van der Waals surface area contributed by atoms with E-state index in [-0.39, 0.29) is 0 Å². The molecule has 28 heavy (non-hydrogen) atoms. The molecule has 0 N–H and O–H groups in total. The Labute approximate surface area is 166 Å². The standard InChI is InChI=1S/C20H18N4O3S/c1-12-8-9-14(10-13(12)2)19-22-23-20(26-19)28-11-17-21-18(24-27-17)15-6-4-5-7-16(15)25-3/h4-10H,11H2,1-3H3. The van der Waals surface area contributed by atoms with E-state index in [1.54, 1.807) is 7.11 Å². The molecule has 0 atom stereocenters. The van der Waals surface area contributed by atoms with Crippen LogP contribution < -0.4 is 4.74 Å². The van der Waals surface area contributed by atoms with Gasteiger partial charge in [-0.15, -0.1) is 10.2 Å². The van der Waals surface area contributed by atoms with Crippen molar-refractivity contribution in [1.82, 2.24) is 20.3 Å². The van der Waals surface area contributed by atoms with Gasteiger partial charge in [0.05, 0.1) is 18.4 Å². The molecule has 0 radical (unpaired) electrons. The van der Waals surface area contributed by atoms with Gasteiger partial charge in [0.2, 0.25) is 17.6 Å². The average Bonchev–Trinajstić information content (AvgIpc) is 3.38. The lowest BCUT2D eigenvalue weighted by atomic mass is 10.1. The monoisotopic (exact) mass is 394 g/mol. The fourth-order valence-corrected chi connectivity index (χ4v) is 3.24. The van der Waals surface area contributed by atoms with Crippen LogP contribution in [0.3, 0.4) is 0 Å². The smallest absolute Gasteiger partial charge is 0.277 e. The first-order valence-electron chi connectivity index (χ1n) is 8.64. The minimum absolute atomic E-state index is 0.427. The highest BCUT2D eigenvalue weighted by Crippen LogP contribution is 2.29. The lowest BCUT2D eigenvalue weighted by Crippen LogP contribution is -1.89. The maximum atomic E-state index is 5.75. The van der Waals surface area contributed by atoms with Crippen LogP contribution in [0.1, 0.15) is 17.0 Å². The topological polar surface area (TPSA) is 87.1 Å². The highest BCUT2D eigenvalue weighted by Gasteiger charge is 2.15. The van der Waals surface area contributed by atoms with Crippen LogP contribution in [-0.4, -0.2) is 27.4 Å². The van der Waals surface area contributed by atoms with Gasteiger partial charge in [-0.3, -0.25) is 0 Å². The number of benzene rings is 2. The van der Waals surface area contributed by atoms with Gasteiger partial charge in [-0.25, -0.2) is 0 Å². The van der Waals surface area contributed by atoms with Gasteiger partial charge in [0.15, 0.2) is 0 Å². The van der Waals surface area contributed by atoms with Crippen molar-refractivity contribution in [2.75, 3.05) is 7.11 Å². The van der Waals surface area contributed by atoms with Crippen molar-refractivity contribution in [2.45, 2.75) is 24.8 Å². The van der Waals surface area contributed by atoms with Crippen molar-refractivity contribution < 1.29 is 13.7 Å². The van der Waals surface area contributed by atoms with E-state index in [1.165, 1.54) is 22.9 Å². The maximum absolute atomic E-state index is 5.75. The summed E-state index contributed by atoms with van der Waals surface area (Å²) < 4.78 is 16.4. The summed E-state index contributed by atoms with van der Waals surface area (Å²) in [5.41, 5.74) is 4.08. The van der Waals surface area contributed by atoms with Gasteiger partial charge in [0.25, 0.3) is 5.22 Å². The molecule has 0 aliphatic rings. The number of methoxy groups -OCH3 is 1. The number of hydrogen-bond donors (Lipinski definition) is 0. The molecule has 0 amide bonds. The molecule has 0 unspecified atom stereocenters. The molecule has 7 nitrogen and oxygen atoms in total. The molecule has 4 rings (SSSR count). The van der Waals surface area contributed by atoms with Crippen molar-refractivity contribution in [3.63, 3.8) is 0 Å². The summed E-state index contributed by atoms with van der Waals surface area (Å²) in [5, 5.41) is 12.7. The molecule has 2 aromatic carbocycles. The van der Waals surface area contributed by atoms with E-state index in [9.17, 15) is 0 Å². The van der Waals surface area contributed by atoms with Crippen LogP contribution >= 0.6 is 11.8 Å². The molecule has 2 aromatic heterocycles. The van der Waals surface area contributed by atoms with Gasteiger partial charge in [-0.2, -0.15) is 4.98 Å². The molecule has 142 valence electrons. The van der Waals surface area contributed by atoms with Crippen LogP contribution in [0.4, 0.5) is 0 Å². The lowest BCUT2D eigenvalue weighted by molar-refractivity contribution is 0.389. The van der Waals surface area contributed by atoms with E-state index in [1.807, 2.05) is 42.5 Å². The zero-order valence-corrected chi connectivity index (χ0v) is 16.5. The number of aromatic nitrogens is 4. The van der Waals surface area contributed by atoms with Crippen LogP contribution in [0.2, 0.25) is 0 Å². The van der Waals surface area contributed by atoms with Gasteiger partial charge >= 0.3 is 0 Å². The number of aryl methyl sites for hydroxylation is 2. The Bertz CT molecular complexity index is 1110. The first kappa shape index (κ1) is 18.2. The molecule has 0 aliphatic carbocycles. The van der Waals surface area contributed by atoms with E-state index in [0.717, 1.165) is 11.1 Å². The first-order valence-corrected chi connectivity index (χ1v) is 9.62. The second kappa shape index (κ2) is 7.85. The summed E-state index contributed by atoms with van der Waals surface area (Å²) >= 11 is 1.35. The third-order valence-electron chi connectivity index (χ3n) is 4.30. The van der Waals surface area contributed by atoms with Gasteiger partial charge in [-0.1, -0.05) is 35.1 Å². The van der Waals surface area contributed by atoms with Crippen molar-refractivity contribution >= 4 is 11.8 Å². The Kier molecular flexibility index (Phi) is 5.12. The largest absolute Gasteiger partial charge is 0.496 e. The Hall–Kier alpha value is -3.13. The summed E-state index contributed by atoms with van der Waals surface area (Å²) in [5.74, 6) is 2.56. The number of rotatable bonds is 6. The van der Waals surface area contributed by atoms with Crippen LogP contribution in [0, 0.1) is 13.8 Å². The predicted molar refractivity (Wildman–Crippen MR) is 105 cm³/mol. The molecule has 0 saturated carbocycles. The molecule has 0 bridgehead atoms. The average molecular weight is 394 g/mol. The number of hydrogen-bond acceptors (Lipinski definition) is 8. The Morgan fingerprint density at radius 3 is 2.71 bits per heavy atom. The Balaban J connectivity index is 1.45. The Morgan fingerprint density at radius 2 is 1.89 bits per heavy atom. The normalized spacial score (nSPS) is 11.0. The molecule has 0 saturated heterocycles. The van der Waals surface area contributed by atoms with Gasteiger partial charge < -0.3 is 13.7 Å². The zero-order chi connectivity index (χ0) is 19.5. The summed E-state index contributed by atoms with van der Waals surface area (Å²) in [6.07, 6.45) is 0. The second-order valence-electron chi connectivity index (χ2n) is 6.17. The quantitative estimate of drug-likeness (QED) is 0.435. The minimum atomic E-state index is 0.427. The molecule has 4 aromatic rings. The summed E-state index contributed by atoms with van der Waals surface area (Å²) in [7, 11) is 1.61. The fraction of sp³-hybridized carbons (Fsp3) is 0.200. The van der Waals surface area contributed by atoms with Gasteiger partial charge in [-0.05, 0) is 49.2 Å². The molecule has 2 heterocycles. The number of thioether (sulfide) groups is 1. The second-order valence-corrected chi connectivity index (χ2v) is 7.10. The highest BCUT2D eigenvalue weighted by molar-refractivity contribution is 7.98. The summed E-state index contributed by atoms with van der Waals surface area (Å²) in [6, 6.07) is 13.6. The highest BCUT2D eigenvalue weighted by atomic mass is 32.2. The van der Waals surface area contributed by atoms with Gasteiger partial charge in [0, 0.05) is 5.56 Å². The number of para-hydroxylation sites is 1. The van der Waals surface area contributed by atoms with Crippen LogP contribution in [-0.2, 0) is 5.75 Å². The molecular formula is C20H18N4O3S. The third-order valence-corrected chi connectivity index (χ3v) is 5.10. The fourth-order valence-electron chi connectivity index (χ4n) is 2.63. The van der Waals surface area contributed by atoms with Crippen molar-refractivity contribution in [1.29, 1.82) is 0 Å². The van der Waals surface area contributed by atoms with Crippen LogP contribution in [0.5, 0.6) is 5.75 Å². The maximum Gasteiger partial charge on any atom is 0.277 e. The van der Waals surface area contributed by atoms with E-state index >= 15 is 0 Å². The van der Waals surface area contributed by atoms with Gasteiger partial charge in [0.1, 0.15) is 5.75 Å². The van der Waals surface area contributed by atoms with E-state index in [4.69, 9.17) is 13.7 Å². The van der Waals surface area contributed by atoms with E-state index in [2.05, 4.69) is 34.2 Å². The molecular weight excluding hydrogens is 376 g/mol. The molecule has 0 aliphatic heterocycles. The van der Waals surface area contributed by atoms with E-state index in [0.29, 0.717) is 34.3 Å². The predicted octanol–water partition coefficient (Wildman–Crippen LogP) is 4.70.